The predicted molar refractivity (Wildman–Crippen MR) is 98.3 cm³/mol. The molecule has 0 aliphatic heterocycles. The topological polar surface area (TPSA) is 78.7 Å². The van der Waals surface area contributed by atoms with Crippen LogP contribution in [0.15, 0.2) is 5.03 Å². The molecule has 3 rings (SSSR count). The fourth-order valence-corrected chi connectivity index (χ4v) is 4.32. The molecule has 2 aliphatic carbocycles. The maximum Gasteiger partial charge on any atom is 0.233 e. The van der Waals surface area contributed by atoms with Gasteiger partial charge in [0, 0.05) is 12.0 Å². The average molecular weight is 359 g/mol. The monoisotopic (exact) mass is 358 g/mol. The highest BCUT2D eigenvalue weighted by Gasteiger charge is 2.30. The summed E-state index contributed by atoms with van der Waals surface area (Å²) in [6, 6.07) is 2.48. The molecule has 6 heteroatoms. The van der Waals surface area contributed by atoms with Gasteiger partial charge in [-0.2, -0.15) is 5.26 Å². The molecule has 1 heterocycles. The molecule has 1 aromatic heterocycles. The third-order valence-corrected chi connectivity index (χ3v) is 6.31. The van der Waals surface area contributed by atoms with Crippen LogP contribution in [0.4, 0.5) is 0 Å². The van der Waals surface area contributed by atoms with Gasteiger partial charge in [0.2, 0.25) is 5.91 Å². The summed E-state index contributed by atoms with van der Waals surface area (Å²) >= 11 is 1.38. The summed E-state index contributed by atoms with van der Waals surface area (Å²) in [5.41, 5.74) is 1.22. The zero-order valence-electron chi connectivity index (χ0n) is 15.2. The van der Waals surface area contributed by atoms with Crippen molar-refractivity contribution in [3.63, 3.8) is 0 Å². The van der Waals surface area contributed by atoms with Crippen molar-refractivity contribution < 1.29 is 4.79 Å². The average Bonchev–Trinajstić information content (AvgIpc) is 3.41. The number of nitriles is 1. The highest BCUT2D eigenvalue weighted by molar-refractivity contribution is 8.00. The van der Waals surface area contributed by atoms with E-state index in [0.29, 0.717) is 22.4 Å². The summed E-state index contributed by atoms with van der Waals surface area (Å²) in [5, 5.41) is 13.0. The molecular weight excluding hydrogens is 332 g/mol. The van der Waals surface area contributed by atoms with Gasteiger partial charge >= 0.3 is 0 Å². The molecule has 0 bridgehead atoms. The number of aryl methyl sites for hydroxylation is 1. The fourth-order valence-electron chi connectivity index (χ4n) is 3.36. The first kappa shape index (κ1) is 18.2. The van der Waals surface area contributed by atoms with Gasteiger partial charge in [-0.25, -0.2) is 9.97 Å². The molecular formula is C19H26N4OS. The molecule has 0 aromatic carbocycles. The van der Waals surface area contributed by atoms with Crippen LogP contribution in [0.2, 0.25) is 0 Å². The van der Waals surface area contributed by atoms with E-state index in [4.69, 9.17) is 0 Å². The molecule has 3 unspecified atom stereocenters. The Morgan fingerprint density at radius 1 is 1.28 bits per heavy atom. The standard InChI is InChI=1S/C19H26N4OS/c1-11-6-4-5-7-16(11)22-18(24)13(3)25-19-15(10-20)12(2)21-17(23-19)14-8-9-14/h11,13-14,16H,4-9H2,1-3H3,(H,22,24). The number of nitrogens with one attached hydrogen (secondary N) is 1. The molecule has 0 saturated heterocycles. The van der Waals surface area contributed by atoms with Crippen LogP contribution in [0.3, 0.4) is 0 Å². The fraction of sp³-hybridized carbons (Fsp3) is 0.684. The van der Waals surface area contributed by atoms with Crippen LogP contribution in [0.1, 0.15) is 75.4 Å². The number of hydrogen-bond donors (Lipinski definition) is 1. The first-order chi connectivity index (χ1) is 12.0. The second kappa shape index (κ2) is 7.74. The van der Waals surface area contributed by atoms with E-state index in [1.165, 1.54) is 31.0 Å². The number of nitrogens with zero attached hydrogens (tertiary/aromatic N) is 3. The molecule has 1 amide bonds. The number of aromatic nitrogens is 2. The Hall–Kier alpha value is -1.61. The Morgan fingerprint density at radius 2 is 2.00 bits per heavy atom. The zero-order chi connectivity index (χ0) is 18.0. The third kappa shape index (κ3) is 4.33. The zero-order valence-corrected chi connectivity index (χ0v) is 16.0. The van der Waals surface area contributed by atoms with E-state index in [1.54, 1.807) is 0 Å². The molecule has 1 N–H and O–H groups in total. The molecule has 3 atom stereocenters. The minimum Gasteiger partial charge on any atom is -0.352 e. The van der Waals surface area contributed by atoms with E-state index < -0.39 is 0 Å². The van der Waals surface area contributed by atoms with E-state index in [1.807, 2.05) is 13.8 Å². The van der Waals surface area contributed by atoms with Crippen molar-refractivity contribution in [3.05, 3.63) is 17.1 Å². The van der Waals surface area contributed by atoms with Crippen molar-refractivity contribution in [1.29, 1.82) is 5.26 Å². The first-order valence-corrected chi connectivity index (χ1v) is 10.1. The van der Waals surface area contributed by atoms with Crippen molar-refractivity contribution in [2.45, 2.75) is 81.5 Å². The molecule has 134 valence electrons. The predicted octanol–water partition coefficient (Wildman–Crippen LogP) is 3.71. The molecule has 5 nitrogen and oxygen atoms in total. The van der Waals surface area contributed by atoms with E-state index in [9.17, 15) is 10.1 Å². The first-order valence-electron chi connectivity index (χ1n) is 9.25. The number of carbonyl (C=O) groups is 1. The Balaban J connectivity index is 1.70. The van der Waals surface area contributed by atoms with Crippen molar-refractivity contribution in [2.75, 3.05) is 0 Å². The highest BCUT2D eigenvalue weighted by atomic mass is 32.2. The molecule has 2 saturated carbocycles. The van der Waals surface area contributed by atoms with E-state index in [2.05, 4.69) is 28.3 Å². The van der Waals surface area contributed by atoms with Gasteiger partial charge in [-0.1, -0.05) is 31.5 Å². The molecule has 2 aliphatic rings. The van der Waals surface area contributed by atoms with Crippen molar-refractivity contribution in [3.8, 4) is 6.07 Å². The van der Waals surface area contributed by atoms with Gasteiger partial charge in [-0.3, -0.25) is 4.79 Å². The number of thioether (sulfide) groups is 1. The van der Waals surface area contributed by atoms with Gasteiger partial charge in [-0.15, -0.1) is 0 Å². The Labute approximate surface area is 154 Å². The van der Waals surface area contributed by atoms with Crippen LogP contribution in [-0.4, -0.2) is 27.2 Å². The van der Waals surface area contributed by atoms with Crippen LogP contribution in [-0.2, 0) is 4.79 Å². The highest BCUT2D eigenvalue weighted by Crippen LogP contribution is 2.39. The molecule has 0 spiro atoms. The Kier molecular flexibility index (Phi) is 5.63. The van der Waals surface area contributed by atoms with Gasteiger partial charge in [0.25, 0.3) is 0 Å². The SMILES string of the molecule is Cc1nc(C2CC2)nc(SC(C)C(=O)NC2CCCCC2C)c1C#N. The van der Waals surface area contributed by atoms with Gasteiger partial charge in [0.15, 0.2) is 0 Å². The van der Waals surface area contributed by atoms with Crippen molar-refractivity contribution in [2.24, 2.45) is 5.92 Å². The smallest absolute Gasteiger partial charge is 0.233 e. The largest absolute Gasteiger partial charge is 0.352 e. The van der Waals surface area contributed by atoms with Gasteiger partial charge in [0.1, 0.15) is 22.5 Å². The van der Waals surface area contributed by atoms with Crippen molar-refractivity contribution >= 4 is 17.7 Å². The molecule has 1 aromatic rings. The minimum absolute atomic E-state index is 0.0388. The number of carbonyl (C=O) groups excluding carboxylic acids is 1. The molecule has 0 radical (unpaired) electrons. The van der Waals surface area contributed by atoms with E-state index >= 15 is 0 Å². The van der Waals surface area contributed by atoms with Crippen LogP contribution < -0.4 is 5.32 Å². The normalized spacial score (nSPS) is 24.4. The number of rotatable bonds is 5. The quantitative estimate of drug-likeness (QED) is 0.641. The lowest BCUT2D eigenvalue weighted by atomic mass is 9.86. The minimum atomic E-state index is -0.275. The van der Waals surface area contributed by atoms with Crippen LogP contribution in [0, 0.1) is 24.2 Å². The summed E-state index contributed by atoms with van der Waals surface area (Å²) in [5.74, 6) is 1.83. The van der Waals surface area contributed by atoms with Gasteiger partial charge in [-0.05, 0) is 45.4 Å². The third-order valence-electron chi connectivity index (χ3n) is 5.23. The lowest BCUT2D eigenvalue weighted by molar-refractivity contribution is -0.121. The van der Waals surface area contributed by atoms with Gasteiger partial charge in [0.05, 0.1) is 10.9 Å². The second-order valence-corrected chi connectivity index (χ2v) is 8.70. The van der Waals surface area contributed by atoms with E-state index in [-0.39, 0.29) is 17.2 Å². The number of hydrogen-bond acceptors (Lipinski definition) is 5. The lowest BCUT2D eigenvalue weighted by Crippen LogP contribution is -2.44. The van der Waals surface area contributed by atoms with E-state index in [0.717, 1.165) is 30.8 Å². The lowest BCUT2D eigenvalue weighted by Gasteiger charge is -2.30. The maximum absolute atomic E-state index is 12.6. The number of amides is 1. The summed E-state index contributed by atoms with van der Waals surface area (Å²) in [7, 11) is 0. The Morgan fingerprint density at radius 3 is 2.64 bits per heavy atom. The summed E-state index contributed by atoms with van der Waals surface area (Å²) in [6.07, 6.45) is 6.92. The second-order valence-electron chi connectivity index (χ2n) is 7.37. The summed E-state index contributed by atoms with van der Waals surface area (Å²) < 4.78 is 0. The van der Waals surface area contributed by atoms with Crippen LogP contribution in [0.5, 0.6) is 0 Å². The summed E-state index contributed by atoms with van der Waals surface area (Å²) in [4.78, 5) is 21.7. The maximum atomic E-state index is 12.6. The van der Waals surface area contributed by atoms with Crippen LogP contribution in [0.25, 0.3) is 0 Å². The summed E-state index contributed by atoms with van der Waals surface area (Å²) in [6.45, 7) is 5.96. The Bertz CT molecular complexity index is 695. The van der Waals surface area contributed by atoms with Crippen molar-refractivity contribution in [1.82, 2.24) is 15.3 Å². The molecule has 2 fully saturated rings. The van der Waals surface area contributed by atoms with Gasteiger partial charge < -0.3 is 5.32 Å². The van der Waals surface area contributed by atoms with Crippen LogP contribution >= 0.6 is 11.8 Å². The molecule has 25 heavy (non-hydrogen) atoms.